The van der Waals surface area contributed by atoms with Gasteiger partial charge in [-0.2, -0.15) is 0 Å². The standard InChI is InChI=1S/C17H19NO4/c1-17(2,3)22-16(20)18(12-14-10-7-11-21-14)15(19)13-8-5-4-6-9-13/h4-11H,12H2,1-3H3. The number of carbonyl (C=O) groups is 2. The molecular formula is C17H19NO4. The van der Waals surface area contributed by atoms with Gasteiger partial charge in [-0.15, -0.1) is 0 Å². The Bertz CT molecular complexity index is 626. The van der Waals surface area contributed by atoms with Gasteiger partial charge in [-0.05, 0) is 45.0 Å². The van der Waals surface area contributed by atoms with Crippen molar-refractivity contribution in [3.63, 3.8) is 0 Å². The number of ether oxygens (including phenoxy) is 1. The van der Waals surface area contributed by atoms with Gasteiger partial charge in [-0.3, -0.25) is 4.79 Å². The monoisotopic (exact) mass is 301 g/mol. The number of amides is 2. The lowest BCUT2D eigenvalue weighted by atomic mass is 10.2. The Labute approximate surface area is 129 Å². The van der Waals surface area contributed by atoms with Gasteiger partial charge in [-0.25, -0.2) is 9.69 Å². The number of furan rings is 1. The van der Waals surface area contributed by atoms with Gasteiger partial charge in [0, 0.05) is 5.56 Å². The summed E-state index contributed by atoms with van der Waals surface area (Å²) in [5.74, 6) is 0.0846. The molecule has 0 aliphatic rings. The lowest BCUT2D eigenvalue weighted by Gasteiger charge is -2.25. The molecule has 5 heteroatoms. The van der Waals surface area contributed by atoms with Gasteiger partial charge in [0.2, 0.25) is 0 Å². The Morgan fingerprint density at radius 1 is 1.09 bits per heavy atom. The number of imide groups is 1. The van der Waals surface area contributed by atoms with Gasteiger partial charge in [0.05, 0.1) is 12.8 Å². The Kier molecular flexibility index (Phi) is 4.65. The molecule has 0 spiro atoms. The predicted molar refractivity (Wildman–Crippen MR) is 81.3 cm³/mol. The zero-order chi connectivity index (χ0) is 16.2. The third kappa shape index (κ3) is 4.22. The van der Waals surface area contributed by atoms with Crippen LogP contribution in [0.5, 0.6) is 0 Å². The third-order valence-corrected chi connectivity index (χ3v) is 2.77. The maximum absolute atomic E-state index is 12.6. The predicted octanol–water partition coefficient (Wildman–Crippen LogP) is 3.86. The average Bonchev–Trinajstić information content (AvgIpc) is 2.96. The second kappa shape index (κ2) is 6.47. The van der Waals surface area contributed by atoms with E-state index in [-0.39, 0.29) is 6.54 Å². The number of rotatable bonds is 3. The largest absolute Gasteiger partial charge is 0.467 e. The van der Waals surface area contributed by atoms with Crippen molar-refractivity contribution in [2.75, 3.05) is 0 Å². The van der Waals surface area contributed by atoms with Crippen LogP contribution in [0.1, 0.15) is 36.9 Å². The molecule has 0 fully saturated rings. The quantitative estimate of drug-likeness (QED) is 0.863. The van der Waals surface area contributed by atoms with Crippen LogP contribution in [0.25, 0.3) is 0 Å². The molecule has 0 saturated heterocycles. The number of hydrogen-bond donors (Lipinski definition) is 0. The topological polar surface area (TPSA) is 59.8 Å². The molecule has 116 valence electrons. The first kappa shape index (κ1) is 15.8. The summed E-state index contributed by atoms with van der Waals surface area (Å²) in [7, 11) is 0. The van der Waals surface area contributed by atoms with Crippen molar-refractivity contribution in [2.24, 2.45) is 0 Å². The van der Waals surface area contributed by atoms with Gasteiger partial charge < -0.3 is 9.15 Å². The minimum atomic E-state index is -0.697. The average molecular weight is 301 g/mol. The highest BCUT2D eigenvalue weighted by Crippen LogP contribution is 2.16. The third-order valence-electron chi connectivity index (χ3n) is 2.77. The molecule has 2 aromatic rings. The van der Waals surface area contributed by atoms with E-state index in [4.69, 9.17) is 9.15 Å². The van der Waals surface area contributed by atoms with Crippen molar-refractivity contribution >= 4 is 12.0 Å². The Morgan fingerprint density at radius 3 is 2.32 bits per heavy atom. The first-order valence-electron chi connectivity index (χ1n) is 6.99. The van der Waals surface area contributed by atoms with E-state index < -0.39 is 17.6 Å². The van der Waals surface area contributed by atoms with Crippen LogP contribution >= 0.6 is 0 Å². The molecule has 1 aromatic heterocycles. The summed E-state index contributed by atoms with van der Waals surface area (Å²) in [5.41, 5.74) is -0.268. The molecule has 22 heavy (non-hydrogen) atoms. The maximum Gasteiger partial charge on any atom is 0.417 e. The van der Waals surface area contributed by atoms with E-state index in [9.17, 15) is 9.59 Å². The first-order valence-corrected chi connectivity index (χ1v) is 6.99. The van der Waals surface area contributed by atoms with Gasteiger partial charge in [-0.1, -0.05) is 18.2 Å². The van der Waals surface area contributed by atoms with E-state index in [1.807, 2.05) is 0 Å². The van der Waals surface area contributed by atoms with E-state index in [1.165, 1.54) is 6.26 Å². The summed E-state index contributed by atoms with van der Waals surface area (Å²) in [6, 6.07) is 12.0. The maximum atomic E-state index is 12.6. The molecule has 0 aliphatic heterocycles. The van der Waals surface area contributed by atoms with Crippen molar-refractivity contribution < 1.29 is 18.7 Å². The molecular weight excluding hydrogens is 282 g/mol. The Morgan fingerprint density at radius 2 is 1.77 bits per heavy atom. The lowest BCUT2D eigenvalue weighted by molar-refractivity contribution is 0.0216. The van der Waals surface area contributed by atoms with Gasteiger partial charge in [0.1, 0.15) is 11.4 Å². The lowest BCUT2D eigenvalue weighted by Crippen LogP contribution is -2.40. The molecule has 0 saturated carbocycles. The van der Waals surface area contributed by atoms with Crippen LogP contribution in [0.3, 0.4) is 0 Å². The van der Waals surface area contributed by atoms with Crippen LogP contribution in [-0.2, 0) is 11.3 Å². The summed E-state index contributed by atoms with van der Waals surface area (Å²) in [6.45, 7) is 5.28. The van der Waals surface area contributed by atoms with Crippen LogP contribution in [0, 0.1) is 0 Å². The fourth-order valence-corrected chi connectivity index (χ4v) is 1.83. The van der Waals surface area contributed by atoms with E-state index in [2.05, 4.69) is 0 Å². The molecule has 5 nitrogen and oxygen atoms in total. The Balaban J connectivity index is 2.25. The highest BCUT2D eigenvalue weighted by Gasteiger charge is 2.28. The van der Waals surface area contributed by atoms with Gasteiger partial charge in [0.25, 0.3) is 5.91 Å². The summed E-state index contributed by atoms with van der Waals surface area (Å²) >= 11 is 0. The normalized spacial score (nSPS) is 11.0. The molecule has 0 aliphatic carbocycles. The summed E-state index contributed by atoms with van der Waals surface area (Å²) < 4.78 is 10.5. The zero-order valence-corrected chi connectivity index (χ0v) is 12.9. The number of carbonyl (C=O) groups excluding carboxylic acids is 2. The smallest absolute Gasteiger partial charge is 0.417 e. The molecule has 1 heterocycles. The molecule has 0 N–H and O–H groups in total. The van der Waals surface area contributed by atoms with Gasteiger partial charge in [0.15, 0.2) is 0 Å². The van der Waals surface area contributed by atoms with Crippen LogP contribution in [0.15, 0.2) is 53.1 Å². The van der Waals surface area contributed by atoms with Crippen LogP contribution in [0.2, 0.25) is 0 Å². The molecule has 0 atom stereocenters. The molecule has 0 unspecified atom stereocenters. The molecule has 2 amide bonds. The number of hydrogen-bond acceptors (Lipinski definition) is 4. The van der Waals surface area contributed by atoms with Crippen molar-refractivity contribution in [1.82, 2.24) is 4.90 Å². The van der Waals surface area contributed by atoms with Crippen LogP contribution in [-0.4, -0.2) is 22.5 Å². The van der Waals surface area contributed by atoms with Crippen molar-refractivity contribution in [2.45, 2.75) is 32.9 Å². The highest BCUT2D eigenvalue weighted by atomic mass is 16.6. The Hall–Kier alpha value is -2.56. The van der Waals surface area contributed by atoms with E-state index in [0.717, 1.165) is 4.90 Å². The van der Waals surface area contributed by atoms with Crippen molar-refractivity contribution in [3.05, 3.63) is 60.1 Å². The molecule has 0 bridgehead atoms. The number of nitrogens with zero attached hydrogens (tertiary/aromatic N) is 1. The van der Waals surface area contributed by atoms with Crippen LogP contribution in [0.4, 0.5) is 4.79 Å². The summed E-state index contributed by atoms with van der Waals surface area (Å²) in [6.07, 6.45) is 0.799. The van der Waals surface area contributed by atoms with E-state index >= 15 is 0 Å². The van der Waals surface area contributed by atoms with Crippen molar-refractivity contribution in [1.29, 1.82) is 0 Å². The van der Waals surface area contributed by atoms with Crippen LogP contribution < -0.4 is 0 Å². The minimum Gasteiger partial charge on any atom is -0.467 e. The van der Waals surface area contributed by atoms with E-state index in [0.29, 0.717) is 11.3 Å². The fourth-order valence-electron chi connectivity index (χ4n) is 1.83. The second-order valence-electron chi connectivity index (χ2n) is 5.82. The SMILES string of the molecule is CC(C)(C)OC(=O)N(Cc1ccco1)C(=O)c1ccccc1. The highest BCUT2D eigenvalue weighted by molar-refractivity contribution is 6.02. The zero-order valence-electron chi connectivity index (χ0n) is 12.9. The summed E-state index contributed by atoms with van der Waals surface area (Å²) in [4.78, 5) is 26.0. The van der Waals surface area contributed by atoms with Gasteiger partial charge >= 0.3 is 6.09 Å². The second-order valence-corrected chi connectivity index (χ2v) is 5.82. The molecule has 0 radical (unpaired) electrons. The number of benzene rings is 1. The molecule has 2 rings (SSSR count). The molecule has 1 aromatic carbocycles. The first-order chi connectivity index (χ1) is 10.4. The minimum absolute atomic E-state index is 0.0235. The van der Waals surface area contributed by atoms with E-state index in [1.54, 1.807) is 63.2 Å². The van der Waals surface area contributed by atoms with Crippen molar-refractivity contribution in [3.8, 4) is 0 Å². The summed E-state index contributed by atoms with van der Waals surface area (Å²) in [5, 5.41) is 0. The fraction of sp³-hybridized carbons (Fsp3) is 0.294.